The first-order chi connectivity index (χ1) is 18.6. The van der Waals surface area contributed by atoms with Crippen LogP contribution in [-0.4, -0.2) is 46.2 Å². The first kappa shape index (κ1) is 30.3. The molecule has 1 saturated heterocycles. The van der Waals surface area contributed by atoms with Crippen LogP contribution in [0.4, 0.5) is 0 Å². The van der Waals surface area contributed by atoms with Gasteiger partial charge in [-0.3, -0.25) is 0 Å². The fourth-order valence-electron chi connectivity index (χ4n) is 8.64. The second-order valence-electron chi connectivity index (χ2n) is 13.2. The number of hydrogen-bond donors (Lipinski definition) is 3. The van der Waals surface area contributed by atoms with Crippen molar-refractivity contribution in [2.45, 2.75) is 116 Å². The van der Waals surface area contributed by atoms with Gasteiger partial charge in [0.25, 0.3) is 0 Å². The molecule has 0 radical (unpaired) electrons. The zero-order chi connectivity index (χ0) is 28.3. The van der Waals surface area contributed by atoms with Crippen LogP contribution in [0.25, 0.3) is 0 Å². The molecule has 0 aromatic heterocycles. The van der Waals surface area contributed by atoms with Crippen molar-refractivity contribution < 1.29 is 24.9 Å². The van der Waals surface area contributed by atoms with Crippen LogP contribution in [-0.2, 0) is 9.53 Å². The van der Waals surface area contributed by atoms with Gasteiger partial charge < -0.3 is 20.1 Å². The Hall–Kier alpha value is -1.69. The highest BCUT2D eigenvalue weighted by Gasteiger charge is 2.51. The number of hydrogen-bond acceptors (Lipinski definition) is 5. The number of carbonyl (C=O) groups is 1. The number of esters is 1. The van der Waals surface area contributed by atoms with Crippen molar-refractivity contribution in [2.75, 3.05) is 6.61 Å². The average Bonchev–Trinajstić information content (AvgIpc) is 3.39. The van der Waals surface area contributed by atoms with Gasteiger partial charge in [-0.1, -0.05) is 64.5 Å². The second-order valence-corrected chi connectivity index (χ2v) is 13.2. The van der Waals surface area contributed by atoms with Gasteiger partial charge in [0.15, 0.2) is 0 Å². The Morgan fingerprint density at radius 2 is 1.90 bits per heavy atom. The number of carbonyl (C=O) groups excluding carboxylic acids is 1. The minimum atomic E-state index is -0.764. The van der Waals surface area contributed by atoms with Gasteiger partial charge in [0, 0.05) is 24.0 Å². The van der Waals surface area contributed by atoms with E-state index in [1.165, 1.54) is 31.3 Å². The van der Waals surface area contributed by atoms with E-state index in [9.17, 15) is 20.1 Å². The van der Waals surface area contributed by atoms with Gasteiger partial charge in [-0.05, 0) is 98.5 Å². The summed E-state index contributed by atoms with van der Waals surface area (Å²) in [5, 5.41) is 30.7. The molecule has 218 valence electrons. The van der Waals surface area contributed by atoms with E-state index in [4.69, 9.17) is 4.74 Å². The summed E-state index contributed by atoms with van der Waals surface area (Å²) >= 11 is 0. The van der Waals surface area contributed by atoms with E-state index < -0.39 is 12.2 Å². The van der Waals surface area contributed by atoms with Crippen LogP contribution < -0.4 is 0 Å². The van der Waals surface area contributed by atoms with Crippen molar-refractivity contribution in [2.24, 2.45) is 35.0 Å². The fraction of sp³-hybridized carbons (Fsp3) is 0.735. The zero-order valence-electron chi connectivity index (χ0n) is 24.5. The van der Waals surface area contributed by atoms with Crippen LogP contribution in [0.3, 0.4) is 0 Å². The molecule has 5 heteroatoms. The molecule has 4 rings (SSSR count). The molecule has 1 aliphatic heterocycles. The maximum absolute atomic E-state index is 12.3. The van der Waals surface area contributed by atoms with Crippen molar-refractivity contribution in [1.29, 1.82) is 0 Å². The number of aliphatic hydroxyl groups is 3. The Labute approximate surface area is 236 Å². The lowest BCUT2D eigenvalue weighted by atomic mass is 9.60. The van der Waals surface area contributed by atoms with Gasteiger partial charge in [0.2, 0.25) is 0 Å². The van der Waals surface area contributed by atoms with E-state index in [-0.39, 0.29) is 35.9 Å². The SMILES string of the molecule is C=C1/C(=C\C=C2/CCC[C@]3(C)[C@@H]([C@H](C)C[C@@H]4OC(=O)C(=C)[C@@H]4CCCC)CC[C@@H]23)C[C@@H](O)[C@H](CCCO)[C@@H]1O. The molecular weight excluding hydrogens is 488 g/mol. The number of unbranched alkanes of at least 4 members (excludes halogenated alkanes) is 1. The van der Waals surface area contributed by atoms with Crippen LogP contribution in [0, 0.1) is 35.0 Å². The third-order valence-corrected chi connectivity index (χ3v) is 10.9. The van der Waals surface area contributed by atoms with E-state index in [0.717, 1.165) is 37.7 Å². The van der Waals surface area contributed by atoms with E-state index in [2.05, 4.69) is 46.1 Å². The van der Waals surface area contributed by atoms with Crippen molar-refractivity contribution in [1.82, 2.24) is 0 Å². The minimum absolute atomic E-state index is 0.0334. The monoisotopic (exact) mass is 540 g/mol. The summed E-state index contributed by atoms with van der Waals surface area (Å²) in [7, 11) is 0. The maximum atomic E-state index is 12.3. The standard InChI is InChI=1S/C34H52O5/c1-6-7-11-26-23(4)33(38)39-31(26)19-21(2)28-15-16-29-24(10-8-17-34(28,29)5)13-14-25-20-30(36)27(12-9-18-35)32(37)22(25)3/h13-14,21,26-32,35-37H,3-4,6-12,15-20H2,1-2,5H3/b24-13+,25-14-/t21-,26+,27+,28-,29+,30-,31+,32-,34-/m1/s1. The molecule has 3 saturated carbocycles. The summed E-state index contributed by atoms with van der Waals surface area (Å²) in [6.45, 7) is 15.3. The Morgan fingerprint density at radius 1 is 1.13 bits per heavy atom. The number of rotatable bonds is 10. The number of aliphatic hydroxyl groups excluding tert-OH is 3. The highest BCUT2D eigenvalue weighted by molar-refractivity contribution is 5.90. The summed E-state index contributed by atoms with van der Waals surface area (Å²) in [6.07, 6.45) is 14.7. The summed E-state index contributed by atoms with van der Waals surface area (Å²) < 4.78 is 5.85. The zero-order valence-corrected chi connectivity index (χ0v) is 24.5. The highest BCUT2D eigenvalue weighted by Crippen LogP contribution is 2.60. The summed E-state index contributed by atoms with van der Waals surface area (Å²) in [4.78, 5) is 12.3. The van der Waals surface area contributed by atoms with Crippen LogP contribution in [0.1, 0.15) is 97.8 Å². The van der Waals surface area contributed by atoms with Crippen molar-refractivity contribution in [3.63, 3.8) is 0 Å². The third kappa shape index (κ3) is 6.16. The Morgan fingerprint density at radius 3 is 2.62 bits per heavy atom. The smallest absolute Gasteiger partial charge is 0.334 e. The Bertz CT molecular complexity index is 978. The van der Waals surface area contributed by atoms with Gasteiger partial charge >= 0.3 is 5.97 Å². The summed E-state index contributed by atoms with van der Waals surface area (Å²) in [5.74, 6) is 1.32. The van der Waals surface area contributed by atoms with Gasteiger partial charge in [-0.2, -0.15) is 0 Å². The molecule has 0 spiro atoms. The predicted molar refractivity (Wildman–Crippen MR) is 156 cm³/mol. The second kappa shape index (κ2) is 12.9. The molecule has 3 N–H and O–H groups in total. The lowest BCUT2D eigenvalue weighted by Gasteiger charge is -2.45. The van der Waals surface area contributed by atoms with Gasteiger partial charge in [0.05, 0.1) is 12.2 Å². The molecule has 3 aliphatic carbocycles. The molecule has 0 aromatic rings. The summed E-state index contributed by atoms with van der Waals surface area (Å²) in [5.41, 5.74) is 4.05. The Balaban J connectivity index is 1.45. The van der Waals surface area contributed by atoms with Crippen molar-refractivity contribution in [3.05, 3.63) is 47.6 Å². The van der Waals surface area contributed by atoms with E-state index in [1.54, 1.807) is 0 Å². The molecule has 39 heavy (non-hydrogen) atoms. The maximum Gasteiger partial charge on any atom is 0.334 e. The molecule has 4 fully saturated rings. The molecule has 0 amide bonds. The first-order valence-electron chi connectivity index (χ1n) is 15.6. The highest BCUT2D eigenvalue weighted by atomic mass is 16.6. The van der Waals surface area contributed by atoms with Gasteiger partial charge in [-0.15, -0.1) is 0 Å². The number of fused-ring (bicyclic) bond motifs is 1. The quantitative estimate of drug-likeness (QED) is 0.219. The van der Waals surface area contributed by atoms with Crippen molar-refractivity contribution >= 4 is 5.97 Å². The van der Waals surface area contributed by atoms with E-state index in [1.807, 2.05) is 0 Å². The molecule has 9 atom stereocenters. The van der Waals surface area contributed by atoms with Gasteiger partial charge in [-0.25, -0.2) is 4.79 Å². The van der Waals surface area contributed by atoms with Crippen LogP contribution >= 0.6 is 0 Å². The summed E-state index contributed by atoms with van der Waals surface area (Å²) in [6, 6.07) is 0. The largest absolute Gasteiger partial charge is 0.458 e. The fourth-order valence-corrected chi connectivity index (χ4v) is 8.64. The first-order valence-corrected chi connectivity index (χ1v) is 15.6. The molecule has 0 unspecified atom stereocenters. The Kier molecular flexibility index (Phi) is 9.99. The van der Waals surface area contributed by atoms with Crippen LogP contribution in [0.5, 0.6) is 0 Å². The van der Waals surface area contributed by atoms with Gasteiger partial charge in [0.1, 0.15) is 6.10 Å². The third-order valence-electron chi connectivity index (χ3n) is 10.9. The lowest BCUT2D eigenvalue weighted by molar-refractivity contribution is -0.140. The normalized spacial score (nSPS) is 39.8. The molecule has 0 aromatic carbocycles. The average molecular weight is 541 g/mol. The molecule has 0 bridgehead atoms. The molecule has 1 heterocycles. The van der Waals surface area contributed by atoms with Crippen LogP contribution in [0.2, 0.25) is 0 Å². The lowest BCUT2D eigenvalue weighted by Crippen LogP contribution is -2.38. The molecule has 5 nitrogen and oxygen atoms in total. The predicted octanol–water partition coefficient (Wildman–Crippen LogP) is 6.44. The topological polar surface area (TPSA) is 87.0 Å². The van der Waals surface area contributed by atoms with E-state index in [0.29, 0.717) is 48.2 Å². The number of allylic oxidation sites excluding steroid dienone is 3. The molecule has 4 aliphatic rings. The molecular formula is C34H52O5. The van der Waals surface area contributed by atoms with E-state index >= 15 is 0 Å². The minimum Gasteiger partial charge on any atom is -0.458 e. The number of ether oxygens (including phenoxy) is 1. The van der Waals surface area contributed by atoms with Crippen molar-refractivity contribution in [3.8, 4) is 0 Å². The van der Waals surface area contributed by atoms with Crippen LogP contribution in [0.15, 0.2) is 47.6 Å². The number of cyclic esters (lactones) is 1.